The van der Waals surface area contributed by atoms with E-state index in [2.05, 4.69) is 0 Å². The van der Waals surface area contributed by atoms with Crippen molar-refractivity contribution < 1.29 is 28.2 Å². The van der Waals surface area contributed by atoms with E-state index in [1.807, 2.05) is 73.6 Å². The molecule has 1 aromatic rings. The van der Waals surface area contributed by atoms with Gasteiger partial charge in [-0.3, -0.25) is 14.5 Å². The summed E-state index contributed by atoms with van der Waals surface area (Å²) in [5, 5.41) is 0. The fourth-order valence-electron chi connectivity index (χ4n) is 5.28. The summed E-state index contributed by atoms with van der Waals surface area (Å²) in [6.45, 7) is 16.1. The molecule has 2 unspecified atom stereocenters. The molecule has 35 heavy (non-hydrogen) atoms. The number of para-hydroxylation sites is 1. The van der Waals surface area contributed by atoms with Crippen molar-refractivity contribution in [1.29, 1.82) is 0 Å². The maximum atomic E-state index is 13.5. The van der Waals surface area contributed by atoms with Crippen LogP contribution in [0.25, 0.3) is 0 Å². The molecule has 1 aromatic carbocycles. The number of hydrogen-bond donors (Lipinski definition) is 0. The molecule has 0 saturated carbocycles. The predicted octanol–water partition coefficient (Wildman–Crippen LogP) is 4.15. The van der Waals surface area contributed by atoms with Crippen LogP contribution in [0.15, 0.2) is 41.3 Å². The molecule has 0 radical (unpaired) electrons. The first-order chi connectivity index (χ1) is 16.2. The van der Waals surface area contributed by atoms with E-state index in [4.69, 9.17) is 18.6 Å². The minimum atomic E-state index is -0.636. The average molecular weight is 479 g/mol. The minimum absolute atomic E-state index is 0.173. The fourth-order valence-corrected chi connectivity index (χ4v) is 5.28. The molecule has 0 bridgehead atoms. The number of anilines is 1. The van der Waals surface area contributed by atoms with E-state index in [-0.39, 0.29) is 11.8 Å². The summed E-state index contributed by atoms with van der Waals surface area (Å²) in [6, 6.07) is 9.13. The highest BCUT2D eigenvalue weighted by molar-refractivity contribution is 6.62. The first-order valence-electron chi connectivity index (χ1n) is 12.5. The zero-order valence-electron chi connectivity index (χ0n) is 22.0. The van der Waals surface area contributed by atoms with Gasteiger partial charge in [0.1, 0.15) is 0 Å². The molecule has 3 aliphatic heterocycles. The zero-order valence-corrected chi connectivity index (χ0v) is 22.0. The third-order valence-corrected chi connectivity index (χ3v) is 8.94. The Hall–Kier alpha value is -1.93. The highest BCUT2D eigenvalue weighted by Crippen LogP contribution is 2.49. The van der Waals surface area contributed by atoms with Crippen molar-refractivity contribution in [2.45, 2.75) is 90.6 Å². The molecule has 0 N–H and O–H groups in total. The summed E-state index contributed by atoms with van der Waals surface area (Å²) in [5.41, 5.74) is 0.190. The molecule has 186 valence electrons. The predicted molar refractivity (Wildman–Crippen MR) is 134 cm³/mol. The Balaban J connectivity index is 1.54. The van der Waals surface area contributed by atoms with Crippen LogP contribution in [0.2, 0.25) is 0 Å². The van der Waals surface area contributed by atoms with Crippen LogP contribution in [-0.2, 0) is 28.2 Å². The van der Waals surface area contributed by atoms with Gasteiger partial charge in [-0.05, 0) is 91.3 Å². The number of carbonyl (C=O) groups excluding carboxylic acids is 2. The summed E-state index contributed by atoms with van der Waals surface area (Å²) in [6.07, 6.45) is 0.740. The van der Waals surface area contributed by atoms with Crippen molar-refractivity contribution >= 4 is 31.7 Å². The van der Waals surface area contributed by atoms with Gasteiger partial charge < -0.3 is 18.6 Å². The number of fused-ring (bicyclic) bond motifs is 1. The Morgan fingerprint density at radius 3 is 1.34 bits per heavy atom. The summed E-state index contributed by atoms with van der Waals surface area (Å²) in [7, 11) is -1.27. The molecule has 5 rings (SSSR count). The molecule has 3 heterocycles. The Morgan fingerprint density at radius 1 is 0.657 bits per heavy atom. The van der Waals surface area contributed by atoms with Crippen LogP contribution in [0.5, 0.6) is 0 Å². The summed E-state index contributed by atoms with van der Waals surface area (Å²) in [4.78, 5) is 28.4. The molecule has 1 aliphatic carbocycles. The highest BCUT2D eigenvalue weighted by atomic mass is 16.7. The maximum Gasteiger partial charge on any atom is 0.489 e. The number of nitrogens with zero attached hydrogens (tertiary/aromatic N) is 1. The molecule has 3 saturated heterocycles. The minimum Gasteiger partial charge on any atom is -0.400 e. The van der Waals surface area contributed by atoms with E-state index in [9.17, 15) is 9.59 Å². The van der Waals surface area contributed by atoms with Crippen LogP contribution >= 0.6 is 0 Å². The van der Waals surface area contributed by atoms with E-state index < -0.39 is 48.5 Å². The van der Waals surface area contributed by atoms with Crippen molar-refractivity contribution in [3.05, 3.63) is 41.3 Å². The Morgan fingerprint density at radius 2 is 1.00 bits per heavy atom. The molecular formula is C26H35B2NO6. The topological polar surface area (TPSA) is 74.3 Å². The van der Waals surface area contributed by atoms with Crippen molar-refractivity contribution in [1.82, 2.24) is 0 Å². The van der Waals surface area contributed by atoms with Gasteiger partial charge in [0.2, 0.25) is 11.8 Å². The lowest BCUT2D eigenvalue weighted by Gasteiger charge is -2.32. The van der Waals surface area contributed by atoms with E-state index in [0.29, 0.717) is 18.5 Å². The molecule has 2 amide bonds. The smallest absolute Gasteiger partial charge is 0.400 e. The van der Waals surface area contributed by atoms with Crippen LogP contribution in [0, 0.1) is 11.8 Å². The van der Waals surface area contributed by atoms with Gasteiger partial charge in [-0.2, -0.15) is 0 Å². The fraction of sp³-hybridized carbons (Fsp3) is 0.615. The van der Waals surface area contributed by atoms with Crippen LogP contribution in [0.4, 0.5) is 5.69 Å². The number of amides is 2. The molecule has 0 aromatic heterocycles. The van der Waals surface area contributed by atoms with Gasteiger partial charge in [0, 0.05) is 0 Å². The van der Waals surface area contributed by atoms with Crippen molar-refractivity contribution in [2.24, 2.45) is 11.8 Å². The maximum absolute atomic E-state index is 13.5. The van der Waals surface area contributed by atoms with Crippen molar-refractivity contribution in [3.8, 4) is 0 Å². The molecule has 2 atom stereocenters. The largest absolute Gasteiger partial charge is 0.489 e. The molecule has 3 fully saturated rings. The number of hydrogen-bond acceptors (Lipinski definition) is 6. The second-order valence-corrected chi connectivity index (χ2v) is 12.2. The van der Waals surface area contributed by atoms with Gasteiger partial charge >= 0.3 is 14.2 Å². The summed E-state index contributed by atoms with van der Waals surface area (Å²) >= 11 is 0. The lowest BCUT2D eigenvalue weighted by atomic mass is 9.56. The van der Waals surface area contributed by atoms with E-state index in [1.165, 1.54) is 4.90 Å². The second-order valence-electron chi connectivity index (χ2n) is 12.2. The first kappa shape index (κ1) is 24.8. The van der Waals surface area contributed by atoms with Crippen LogP contribution in [0.3, 0.4) is 0 Å². The highest BCUT2D eigenvalue weighted by Gasteiger charge is 2.61. The van der Waals surface area contributed by atoms with Gasteiger partial charge in [0.05, 0.1) is 39.9 Å². The van der Waals surface area contributed by atoms with E-state index in [1.54, 1.807) is 12.1 Å². The van der Waals surface area contributed by atoms with Gasteiger partial charge in [0.15, 0.2) is 0 Å². The Kier molecular flexibility index (Phi) is 5.50. The molecule has 9 heteroatoms. The summed E-state index contributed by atoms with van der Waals surface area (Å²) < 4.78 is 25.7. The monoisotopic (exact) mass is 479 g/mol. The number of benzene rings is 1. The van der Waals surface area contributed by atoms with E-state index >= 15 is 0 Å². The second kappa shape index (κ2) is 7.78. The normalized spacial score (nSPS) is 30.9. The molecule has 7 nitrogen and oxygen atoms in total. The lowest BCUT2D eigenvalue weighted by Crippen LogP contribution is -2.41. The zero-order chi connectivity index (χ0) is 25.6. The number of imide groups is 1. The van der Waals surface area contributed by atoms with Crippen LogP contribution in [-0.4, -0.2) is 48.5 Å². The summed E-state index contributed by atoms with van der Waals surface area (Å²) in [5.74, 6) is -1.29. The number of carbonyl (C=O) groups is 2. The Labute approximate surface area is 208 Å². The molecule has 0 spiro atoms. The third-order valence-electron chi connectivity index (χ3n) is 8.94. The lowest BCUT2D eigenvalue weighted by molar-refractivity contribution is -0.122. The van der Waals surface area contributed by atoms with Gasteiger partial charge in [-0.25, -0.2) is 0 Å². The van der Waals surface area contributed by atoms with Crippen molar-refractivity contribution in [2.75, 3.05) is 4.90 Å². The van der Waals surface area contributed by atoms with Gasteiger partial charge in [0.25, 0.3) is 0 Å². The van der Waals surface area contributed by atoms with Gasteiger partial charge in [-0.1, -0.05) is 18.2 Å². The molecule has 4 aliphatic rings. The molecular weight excluding hydrogens is 444 g/mol. The van der Waals surface area contributed by atoms with Crippen LogP contribution in [0.1, 0.15) is 68.2 Å². The average Bonchev–Trinajstić information content (AvgIpc) is 3.24. The Bertz CT molecular complexity index is 998. The van der Waals surface area contributed by atoms with Crippen LogP contribution < -0.4 is 4.90 Å². The van der Waals surface area contributed by atoms with Crippen molar-refractivity contribution in [3.63, 3.8) is 0 Å². The number of allylic oxidation sites excluding steroid dienone is 2. The standard InChI is InChI=1S/C26H35B2NO6/c1-23(2)24(3,4)33-27(32-23)19-14-17-18(15-20(19)28-34-25(5,6)26(7,8)35-28)22(31)29(21(17)30)16-12-10-9-11-13-16/h9-13,17-18H,14-15H2,1-8H3. The number of rotatable bonds is 3. The van der Waals surface area contributed by atoms with Gasteiger partial charge in [-0.15, -0.1) is 0 Å². The third kappa shape index (κ3) is 3.74. The van der Waals surface area contributed by atoms with E-state index in [0.717, 1.165) is 10.9 Å². The quantitative estimate of drug-likeness (QED) is 0.480. The first-order valence-corrected chi connectivity index (χ1v) is 12.5. The SMILES string of the molecule is CC1(C)OB(C2=C(B3OC(C)(C)C(C)(C)O3)CC3C(=O)N(c4ccccc4)C(=O)C3C2)OC1(C)C.